The molecule has 0 radical (unpaired) electrons. The number of fused-ring (bicyclic) bond motifs is 1. The van der Waals surface area contributed by atoms with Crippen molar-refractivity contribution in [1.29, 1.82) is 0 Å². The average molecular weight is 450 g/mol. The van der Waals surface area contributed by atoms with Gasteiger partial charge in [0.15, 0.2) is 5.13 Å². The van der Waals surface area contributed by atoms with Crippen LogP contribution < -0.4 is 10.2 Å². The molecule has 0 saturated heterocycles. The number of benzene rings is 2. The number of para-hydroxylation sites is 1. The number of aromatic nitrogens is 1. The molecule has 7 heteroatoms. The van der Waals surface area contributed by atoms with Crippen molar-refractivity contribution < 1.29 is 9.59 Å². The topological polar surface area (TPSA) is 62.3 Å². The highest BCUT2D eigenvalue weighted by molar-refractivity contribution is 7.22. The van der Waals surface area contributed by atoms with Crippen LogP contribution in [-0.2, 0) is 4.79 Å². The van der Waals surface area contributed by atoms with Gasteiger partial charge in [0.1, 0.15) is 0 Å². The molecule has 0 saturated carbocycles. The Balaban J connectivity index is 1.52. The number of rotatable bonds is 7. The van der Waals surface area contributed by atoms with Gasteiger partial charge in [-0.15, -0.1) is 11.3 Å². The van der Waals surface area contributed by atoms with E-state index in [1.54, 1.807) is 11.0 Å². The standard InChI is InChI=1S/C24H23N3O2S2/c1-16-13-17(2)15-18(14-16)27(24-26-19-7-3-4-8-20(19)31-24)22(28)10-5-11-25-23(29)21-9-6-12-30-21/h3-4,6-9,12-15H,5,10-11H2,1-2H3,(H,25,29). The van der Waals surface area contributed by atoms with Crippen molar-refractivity contribution >= 4 is 55.5 Å². The summed E-state index contributed by atoms with van der Waals surface area (Å²) in [7, 11) is 0. The Labute approximate surface area is 189 Å². The zero-order chi connectivity index (χ0) is 21.8. The number of thiazole rings is 1. The van der Waals surface area contributed by atoms with Gasteiger partial charge in [-0.1, -0.05) is 35.6 Å². The predicted octanol–water partition coefficient (Wildman–Crippen LogP) is 5.85. The van der Waals surface area contributed by atoms with E-state index in [0.717, 1.165) is 27.0 Å². The lowest BCUT2D eigenvalue weighted by Gasteiger charge is -2.21. The van der Waals surface area contributed by atoms with Gasteiger partial charge < -0.3 is 5.32 Å². The summed E-state index contributed by atoms with van der Waals surface area (Å²) >= 11 is 2.91. The highest BCUT2D eigenvalue weighted by Crippen LogP contribution is 2.34. The molecule has 158 valence electrons. The number of nitrogens with one attached hydrogen (secondary N) is 1. The van der Waals surface area contributed by atoms with E-state index < -0.39 is 0 Å². The SMILES string of the molecule is Cc1cc(C)cc(N(C(=O)CCCNC(=O)c2cccs2)c2nc3ccccc3s2)c1. The highest BCUT2D eigenvalue weighted by Gasteiger charge is 2.22. The second-order valence-electron chi connectivity index (χ2n) is 7.38. The smallest absolute Gasteiger partial charge is 0.261 e. The fourth-order valence-electron chi connectivity index (χ4n) is 3.44. The normalized spacial score (nSPS) is 10.9. The van der Waals surface area contributed by atoms with Crippen LogP contribution >= 0.6 is 22.7 Å². The van der Waals surface area contributed by atoms with E-state index in [-0.39, 0.29) is 11.8 Å². The Bertz CT molecular complexity index is 1160. The molecule has 2 aromatic heterocycles. The molecule has 4 aromatic rings. The van der Waals surface area contributed by atoms with Crippen LogP contribution in [0.3, 0.4) is 0 Å². The zero-order valence-corrected chi connectivity index (χ0v) is 19.1. The van der Waals surface area contributed by atoms with Crippen molar-refractivity contribution in [2.75, 3.05) is 11.4 Å². The van der Waals surface area contributed by atoms with Gasteiger partial charge in [0.25, 0.3) is 5.91 Å². The summed E-state index contributed by atoms with van der Waals surface area (Å²) in [4.78, 5) is 32.5. The number of thiophene rings is 1. The molecule has 2 heterocycles. The molecule has 2 amide bonds. The molecule has 4 rings (SSSR count). The van der Waals surface area contributed by atoms with E-state index in [1.165, 1.54) is 22.7 Å². The Kier molecular flexibility index (Phi) is 6.44. The third-order valence-electron chi connectivity index (χ3n) is 4.79. The molecular formula is C24H23N3O2S2. The van der Waals surface area contributed by atoms with Gasteiger partial charge in [-0.2, -0.15) is 0 Å². The maximum Gasteiger partial charge on any atom is 0.261 e. The maximum absolute atomic E-state index is 13.3. The largest absolute Gasteiger partial charge is 0.351 e. The first-order chi connectivity index (χ1) is 15.0. The van der Waals surface area contributed by atoms with E-state index in [9.17, 15) is 9.59 Å². The molecule has 0 aliphatic rings. The Morgan fingerprint density at radius 3 is 2.52 bits per heavy atom. The molecule has 0 atom stereocenters. The van der Waals surface area contributed by atoms with Crippen LogP contribution in [0.5, 0.6) is 0 Å². The maximum atomic E-state index is 13.3. The monoisotopic (exact) mass is 449 g/mol. The Hall–Kier alpha value is -3.03. The van der Waals surface area contributed by atoms with E-state index in [2.05, 4.69) is 11.4 Å². The molecule has 0 fully saturated rings. The van der Waals surface area contributed by atoms with Crippen LogP contribution in [0.2, 0.25) is 0 Å². The van der Waals surface area contributed by atoms with Crippen molar-refractivity contribution in [3.05, 3.63) is 76.0 Å². The Morgan fingerprint density at radius 2 is 1.81 bits per heavy atom. The number of anilines is 2. The van der Waals surface area contributed by atoms with Crippen molar-refractivity contribution in [3.63, 3.8) is 0 Å². The first-order valence-corrected chi connectivity index (χ1v) is 11.8. The fraction of sp³-hybridized carbons (Fsp3) is 0.208. The summed E-state index contributed by atoms with van der Waals surface area (Å²) in [5.74, 6) is -0.130. The average Bonchev–Trinajstić information content (AvgIpc) is 3.40. The van der Waals surface area contributed by atoms with Crippen LogP contribution in [0.4, 0.5) is 10.8 Å². The van der Waals surface area contributed by atoms with Crippen LogP contribution in [0.15, 0.2) is 60.0 Å². The van der Waals surface area contributed by atoms with Crippen molar-refractivity contribution in [3.8, 4) is 0 Å². The Morgan fingerprint density at radius 1 is 1.03 bits per heavy atom. The van der Waals surface area contributed by atoms with Crippen molar-refractivity contribution in [1.82, 2.24) is 10.3 Å². The van der Waals surface area contributed by atoms with Gasteiger partial charge in [0.2, 0.25) is 5.91 Å². The highest BCUT2D eigenvalue weighted by atomic mass is 32.1. The van der Waals surface area contributed by atoms with E-state index >= 15 is 0 Å². The third-order valence-corrected chi connectivity index (χ3v) is 6.68. The van der Waals surface area contributed by atoms with Gasteiger partial charge >= 0.3 is 0 Å². The lowest BCUT2D eigenvalue weighted by molar-refractivity contribution is -0.118. The van der Waals surface area contributed by atoms with Crippen LogP contribution in [0.25, 0.3) is 10.2 Å². The molecule has 0 aliphatic carbocycles. The fourth-order valence-corrected chi connectivity index (χ4v) is 5.09. The summed E-state index contributed by atoms with van der Waals surface area (Å²) in [5.41, 5.74) is 3.89. The van der Waals surface area contributed by atoms with Gasteiger partial charge in [-0.3, -0.25) is 14.5 Å². The van der Waals surface area contributed by atoms with Gasteiger partial charge in [-0.25, -0.2) is 4.98 Å². The number of amides is 2. The van der Waals surface area contributed by atoms with Crippen molar-refractivity contribution in [2.24, 2.45) is 0 Å². The summed E-state index contributed by atoms with van der Waals surface area (Å²) < 4.78 is 1.04. The lowest BCUT2D eigenvalue weighted by Crippen LogP contribution is -2.28. The van der Waals surface area contributed by atoms with Gasteiger partial charge in [-0.05, 0) is 67.1 Å². The number of carbonyl (C=O) groups is 2. The van der Waals surface area contributed by atoms with E-state index in [1.807, 2.05) is 61.7 Å². The predicted molar refractivity (Wildman–Crippen MR) is 129 cm³/mol. The minimum Gasteiger partial charge on any atom is -0.351 e. The summed E-state index contributed by atoms with van der Waals surface area (Å²) in [5, 5.41) is 5.43. The number of nitrogens with zero attached hydrogens (tertiary/aromatic N) is 2. The van der Waals surface area contributed by atoms with Gasteiger partial charge in [0, 0.05) is 13.0 Å². The minimum absolute atomic E-state index is 0.0329. The molecule has 0 aliphatic heterocycles. The van der Waals surface area contributed by atoms with Crippen LogP contribution in [0, 0.1) is 13.8 Å². The summed E-state index contributed by atoms with van der Waals surface area (Å²) in [6.45, 7) is 4.50. The lowest BCUT2D eigenvalue weighted by atomic mass is 10.1. The van der Waals surface area contributed by atoms with Crippen LogP contribution in [0.1, 0.15) is 33.6 Å². The second-order valence-corrected chi connectivity index (χ2v) is 9.33. The number of carbonyl (C=O) groups excluding carboxylic acids is 2. The van der Waals surface area contributed by atoms with Crippen LogP contribution in [-0.4, -0.2) is 23.3 Å². The molecule has 0 bridgehead atoms. The van der Waals surface area contributed by atoms with E-state index in [0.29, 0.717) is 29.4 Å². The third kappa shape index (κ3) is 5.00. The minimum atomic E-state index is -0.0974. The molecular weight excluding hydrogens is 426 g/mol. The zero-order valence-electron chi connectivity index (χ0n) is 17.4. The van der Waals surface area contributed by atoms with Gasteiger partial charge in [0.05, 0.1) is 20.8 Å². The number of hydrogen-bond donors (Lipinski definition) is 1. The number of aryl methyl sites for hydroxylation is 2. The molecule has 0 unspecified atom stereocenters. The van der Waals surface area contributed by atoms with E-state index in [4.69, 9.17) is 4.98 Å². The second kappa shape index (κ2) is 9.41. The quantitative estimate of drug-likeness (QED) is 0.360. The molecule has 5 nitrogen and oxygen atoms in total. The first-order valence-electron chi connectivity index (χ1n) is 10.1. The molecule has 0 spiro atoms. The summed E-state index contributed by atoms with van der Waals surface area (Å²) in [6, 6.07) is 17.6. The molecule has 2 aromatic carbocycles. The molecule has 31 heavy (non-hydrogen) atoms. The number of hydrogen-bond acceptors (Lipinski definition) is 5. The first kappa shape index (κ1) is 21.2. The molecule has 1 N–H and O–H groups in total. The van der Waals surface area contributed by atoms with Crippen molar-refractivity contribution in [2.45, 2.75) is 26.7 Å². The summed E-state index contributed by atoms with van der Waals surface area (Å²) in [6.07, 6.45) is 0.871.